The number of carbonyl (C=O) groups is 1. The van der Waals surface area contributed by atoms with E-state index in [-0.39, 0.29) is 11.3 Å². The molecule has 1 fully saturated rings. The molecule has 4 heteroatoms. The summed E-state index contributed by atoms with van der Waals surface area (Å²) in [6, 6.07) is 18.7. The minimum Gasteiger partial charge on any atom is -0.381 e. The maximum Gasteiger partial charge on any atom is 0.230 e. The summed E-state index contributed by atoms with van der Waals surface area (Å²) in [6.45, 7) is 4.28. The first-order valence-corrected chi connectivity index (χ1v) is 9.76. The van der Waals surface area contributed by atoms with Gasteiger partial charge in [0.25, 0.3) is 0 Å². The summed E-state index contributed by atoms with van der Waals surface area (Å²) in [7, 11) is 0. The predicted molar refractivity (Wildman–Crippen MR) is 103 cm³/mol. The Bertz CT molecular complexity index is 679. The highest BCUT2D eigenvalue weighted by molar-refractivity contribution is 8.00. The van der Waals surface area contributed by atoms with Gasteiger partial charge in [0.15, 0.2) is 0 Å². The topological polar surface area (TPSA) is 38.3 Å². The summed E-state index contributed by atoms with van der Waals surface area (Å²) in [5.41, 5.74) is 2.55. The average Bonchev–Trinajstić information content (AvgIpc) is 2.67. The Morgan fingerprint density at radius 1 is 1.08 bits per heavy atom. The Labute approximate surface area is 154 Å². The van der Waals surface area contributed by atoms with E-state index in [1.165, 1.54) is 11.1 Å². The molecule has 0 spiro atoms. The molecule has 132 valence electrons. The van der Waals surface area contributed by atoms with Gasteiger partial charge in [0.05, 0.1) is 5.75 Å². The number of ether oxygens (including phenoxy) is 1. The van der Waals surface area contributed by atoms with E-state index in [0.29, 0.717) is 12.3 Å². The quantitative estimate of drug-likeness (QED) is 0.798. The summed E-state index contributed by atoms with van der Waals surface area (Å²) in [5.74, 6) is 0.539. The third-order valence-electron chi connectivity index (χ3n) is 4.85. The van der Waals surface area contributed by atoms with Crippen molar-refractivity contribution in [1.29, 1.82) is 0 Å². The first kappa shape index (κ1) is 18.0. The minimum absolute atomic E-state index is 0.0149. The second-order valence-corrected chi connectivity index (χ2v) is 7.69. The smallest absolute Gasteiger partial charge is 0.230 e. The molecule has 2 aromatic carbocycles. The van der Waals surface area contributed by atoms with Crippen LogP contribution in [-0.4, -0.2) is 31.4 Å². The van der Waals surface area contributed by atoms with Crippen LogP contribution in [0.15, 0.2) is 59.5 Å². The summed E-state index contributed by atoms with van der Waals surface area (Å²) >= 11 is 1.58. The van der Waals surface area contributed by atoms with Crippen molar-refractivity contribution < 1.29 is 9.53 Å². The lowest BCUT2D eigenvalue weighted by molar-refractivity contribution is -0.119. The molecule has 0 atom stereocenters. The van der Waals surface area contributed by atoms with Crippen molar-refractivity contribution in [2.24, 2.45) is 0 Å². The maximum absolute atomic E-state index is 12.3. The van der Waals surface area contributed by atoms with E-state index in [1.54, 1.807) is 11.8 Å². The van der Waals surface area contributed by atoms with Gasteiger partial charge in [-0.1, -0.05) is 48.0 Å². The first-order chi connectivity index (χ1) is 12.2. The number of hydrogen-bond acceptors (Lipinski definition) is 3. The van der Waals surface area contributed by atoms with Crippen molar-refractivity contribution >= 4 is 17.7 Å². The van der Waals surface area contributed by atoms with Crippen molar-refractivity contribution in [3.05, 3.63) is 65.7 Å². The SMILES string of the molecule is Cc1ccc(C2(CNC(=O)CSc3ccccc3)CCOCC2)cc1. The van der Waals surface area contributed by atoms with Crippen molar-refractivity contribution in [3.8, 4) is 0 Å². The van der Waals surface area contributed by atoms with E-state index in [9.17, 15) is 4.79 Å². The third-order valence-corrected chi connectivity index (χ3v) is 5.86. The predicted octanol–water partition coefficient (Wildman–Crippen LogP) is 3.95. The van der Waals surface area contributed by atoms with E-state index >= 15 is 0 Å². The molecule has 0 unspecified atom stereocenters. The molecule has 1 amide bonds. The number of rotatable bonds is 6. The van der Waals surface area contributed by atoms with Gasteiger partial charge in [0.2, 0.25) is 5.91 Å². The highest BCUT2D eigenvalue weighted by Gasteiger charge is 2.34. The van der Waals surface area contributed by atoms with Crippen molar-refractivity contribution in [1.82, 2.24) is 5.32 Å². The summed E-state index contributed by atoms with van der Waals surface area (Å²) in [4.78, 5) is 13.4. The van der Waals surface area contributed by atoms with Crippen LogP contribution in [0, 0.1) is 6.92 Å². The van der Waals surface area contributed by atoms with Crippen molar-refractivity contribution in [3.63, 3.8) is 0 Å². The lowest BCUT2D eigenvalue weighted by Gasteiger charge is -2.38. The molecule has 1 aliphatic rings. The zero-order chi connectivity index (χ0) is 17.5. The van der Waals surface area contributed by atoms with Crippen LogP contribution in [0.25, 0.3) is 0 Å². The fourth-order valence-corrected chi connectivity index (χ4v) is 3.97. The number of benzene rings is 2. The van der Waals surface area contributed by atoms with Gasteiger partial charge in [-0.05, 0) is 37.5 Å². The maximum atomic E-state index is 12.3. The number of hydrogen-bond donors (Lipinski definition) is 1. The molecule has 25 heavy (non-hydrogen) atoms. The molecule has 0 saturated carbocycles. The molecule has 2 aromatic rings. The third kappa shape index (κ3) is 4.86. The van der Waals surface area contributed by atoms with Crippen LogP contribution in [0.3, 0.4) is 0 Å². The van der Waals surface area contributed by atoms with Crippen LogP contribution >= 0.6 is 11.8 Å². The van der Waals surface area contributed by atoms with Gasteiger partial charge >= 0.3 is 0 Å². The number of nitrogens with one attached hydrogen (secondary N) is 1. The van der Waals surface area contributed by atoms with E-state index in [2.05, 4.69) is 36.5 Å². The molecule has 0 aliphatic carbocycles. The van der Waals surface area contributed by atoms with Crippen molar-refractivity contribution in [2.75, 3.05) is 25.5 Å². The molecule has 3 nitrogen and oxygen atoms in total. The molecular weight excluding hydrogens is 330 g/mol. The van der Waals surface area contributed by atoms with Gasteiger partial charge in [0, 0.05) is 30.1 Å². The Morgan fingerprint density at radius 3 is 2.44 bits per heavy atom. The van der Waals surface area contributed by atoms with Crippen LogP contribution in [-0.2, 0) is 14.9 Å². The van der Waals surface area contributed by atoms with Crippen molar-refractivity contribution in [2.45, 2.75) is 30.1 Å². The molecule has 0 bridgehead atoms. The molecule has 3 rings (SSSR count). The van der Waals surface area contributed by atoms with Gasteiger partial charge in [0.1, 0.15) is 0 Å². The largest absolute Gasteiger partial charge is 0.381 e. The highest BCUT2D eigenvalue weighted by Crippen LogP contribution is 2.34. The first-order valence-electron chi connectivity index (χ1n) is 8.77. The monoisotopic (exact) mass is 355 g/mol. The molecular formula is C21H25NO2S. The molecule has 1 saturated heterocycles. The van der Waals surface area contributed by atoms with Gasteiger partial charge in [-0.3, -0.25) is 4.79 Å². The van der Waals surface area contributed by atoms with Gasteiger partial charge < -0.3 is 10.1 Å². The molecule has 1 aliphatic heterocycles. The fourth-order valence-electron chi connectivity index (χ4n) is 3.22. The van der Waals surface area contributed by atoms with Gasteiger partial charge in [-0.25, -0.2) is 0 Å². The zero-order valence-corrected chi connectivity index (χ0v) is 15.5. The normalized spacial score (nSPS) is 16.4. The molecule has 0 aromatic heterocycles. The second-order valence-electron chi connectivity index (χ2n) is 6.64. The van der Waals surface area contributed by atoms with Crippen LogP contribution in [0.5, 0.6) is 0 Å². The Kier molecular flexibility index (Phi) is 6.16. The molecule has 1 N–H and O–H groups in total. The number of thioether (sulfide) groups is 1. The molecule has 0 radical (unpaired) electrons. The Hall–Kier alpha value is -1.78. The number of amides is 1. The lowest BCUT2D eigenvalue weighted by Crippen LogP contribution is -2.45. The van der Waals surface area contributed by atoms with Crippen LogP contribution in [0.2, 0.25) is 0 Å². The van der Waals surface area contributed by atoms with Gasteiger partial charge in [-0.2, -0.15) is 0 Å². The summed E-state index contributed by atoms with van der Waals surface area (Å²) in [5, 5.41) is 3.16. The molecule has 1 heterocycles. The van der Waals surface area contributed by atoms with Gasteiger partial charge in [-0.15, -0.1) is 11.8 Å². The van der Waals surface area contributed by atoms with Crippen LogP contribution < -0.4 is 5.32 Å². The van der Waals surface area contributed by atoms with E-state index in [0.717, 1.165) is 31.0 Å². The summed E-state index contributed by atoms with van der Waals surface area (Å²) in [6.07, 6.45) is 1.89. The second kappa shape index (κ2) is 8.54. The number of carbonyl (C=O) groups excluding carboxylic acids is 1. The van der Waals surface area contributed by atoms with Crippen LogP contribution in [0.4, 0.5) is 0 Å². The Balaban J connectivity index is 1.61. The van der Waals surface area contributed by atoms with E-state index in [1.807, 2.05) is 30.3 Å². The Morgan fingerprint density at radius 2 is 1.76 bits per heavy atom. The highest BCUT2D eigenvalue weighted by atomic mass is 32.2. The minimum atomic E-state index is -0.0149. The van der Waals surface area contributed by atoms with Crippen LogP contribution in [0.1, 0.15) is 24.0 Å². The number of aryl methyl sites for hydroxylation is 1. The average molecular weight is 356 g/mol. The summed E-state index contributed by atoms with van der Waals surface area (Å²) < 4.78 is 5.57. The van der Waals surface area contributed by atoms with E-state index in [4.69, 9.17) is 4.74 Å². The standard InChI is InChI=1S/C21H25NO2S/c1-17-7-9-18(10-8-17)21(11-13-24-14-12-21)16-22-20(23)15-25-19-5-3-2-4-6-19/h2-10H,11-16H2,1H3,(H,22,23). The van der Waals surface area contributed by atoms with E-state index < -0.39 is 0 Å². The fraction of sp³-hybridized carbons (Fsp3) is 0.381. The lowest BCUT2D eigenvalue weighted by atomic mass is 9.74. The zero-order valence-electron chi connectivity index (χ0n) is 14.7.